The number of nitriles is 1. The van der Waals surface area contributed by atoms with E-state index in [0.717, 1.165) is 25.3 Å². The van der Waals surface area contributed by atoms with Crippen LogP contribution in [0.2, 0.25) is 0 Å². The fourth-order valence-electron chi connectivity index (χ4n) is 4.07. The third kappa shape index (κ3) is 5.59. The second kappa shape index (κ2) is 11.3. The van der Waals surface area contributed by atoms with Crippen molar-refractivity contribution in [3.63, 3.8) is 0 Å². The van der Waals surface area contributed by atoms with Gasteiger partial charge in [-0.3, -0.25) is 0 Å². The highest BCUT2D eigenvalue weighted by Crippen LogP contribution is 2.49. The lowest BCUT2D eigenvalue weighted by molar-refractivity contribution is 0.243. The number of rotatable bonds is 7. The topological polar surface area (TPSA) is 67.8 Å². The van der Waals surface area contributed by atoms with E-state index in [1.165, 1.54) is 38.3 Å². The monoisotopic (exact) mass is 642 g/mol. The van der Waals surface area contributed by atoms with E-state index in [1.54, 1.807) is 80.2 Å². The van der Waals surface area contributed by atoms with Crippen LogP contribution in [0.15, 0.2) is 54.0 Å². The van der Waals surface area contributed by atoms with E-state index in [-0.39, 0.29) is 17.6 Å². The molecule has 6 aromatic heterocycles. The molecule has 6 heterocycles. The fourth-order valence-corrected chi connectivity index (χ4v) is 11.1. The van der Waals surface area contributed by atoms with Gasteiger partial charge in [-0.25, -0.2) is 10.1 Å². The minimum atomic E-state index is 0.0256. The minimum absolute atomic E-state index is 0.0256. The number of ether oxygens (including phenoxy) is 1. The molecule has 0 aromatic carbocycles. The summed E-state index contributed by atoms with van der Waals surface area (Å²) in [5, 5.41) is 9.03. The summed E-state index contributed by atoms with van der Waals surface area (Å²) in [4.78, 5) is 15.5. The van der Waals surface area contributed by atoms with Gasteiger partial charge in [-0.15, -0.1) is 68.0 Å². The zero-order valence-corrected chi connectivity index (χ0v) is 26.4. The lowest BCUT2D eigenvalue weighted by atomic mass is 10.3. The van der Waals surface area contributed by atoms with Crippen molar-refractivity contribution >= 4 is 99.0 Å². The summed E-state index contributed by atoms with van der Waals surface area (Å²) in [5.74, 6) is 0.905. The summed E-state index contributed by atoms with van der Waals surface area (Å²) in [5.41, 5.74) is 5.90. The molecule has 0 amide bonds. The lowest BCUT2D eigenvalue weighted by Crippen LogP contribution is -2.05. The number of allylic oxidation sites excluding steroid dienone is 1. The van der Waals surface area contributed by atoms with Crippen LogP contribution in [0.5, 0.6) is 5.75 Å². The van der Waals surface area contributed by atoms with Gasteiger partial charge in [-0.1, -0.05) is 6.57 Å². The van der Waals surface area contributed by atoms with Gasteiger partial charge < -0.3 is 15.3 Å². The molecule has 0 spiro atoms. The van der Waals surface area contributed by atoms with Gasteiger partial charge in [0.2, 0.25) is 5.82 Å². The second-order valence-corrected chi connectivity index (χ2v) is 15.6. The Morgan fingerprint density at radius 1 is 0.780 bits per heavy atom. The van der Waals surface area contributed by atoms with Gasteiger partial charge in [0.05, 0.1) is 23.6 Å². The SMILES string of the molecule is [C-]#[N+]/C(C#N)=C\c1ccc(-c2cc3sc(-c4cc5sc(-c6cc(OC(C)C)c(/C=C(\N)[N+]#[C-])s6)cc5s4)cc3s2)s1. The van der Waals surface area contributed by atoms with Gasteiger partial charge in [-0.2, -0.15) is 0 Å². The Morgan fingerprint density at radius 3 is 1.80 bits per heavy atom. The highest BCUT2D eigenvalue weighted by Gasteiger charge is 2.17. The second-order valence-electron chi connectivity index (χ2n) is 9.04. The predicted octanol–water partition coefficient (Wildman–Crippen LogP) is 11.1. The molecule has 0 fully saturated rings. The van der Waals surface area contributed by atoms with Crippen LogP contribution in [0, 0.1) is 24.5 Å². The number of hydrogen-bond acceptors (Lipinski definition) is 9. The third-order valence-electron chi connectivity index (χ3n) is 5.78. The Bertz CT molecular complexity index is 2040. The maximum atomic E-state index is 9.03. The summed E-state index contributed by atoms with van der Waals surface area (Å²) in [7, 11) is 0. The summed E-state index contributed by atoms with van der Waals surface area (Å²) in [6.45, 7) is 18.2. The Hall–Kier alpha value is -3.73. The number of nitrogens with zero attached hydrogens (tertiary/aromatic N) is 3. The van der Waals surface area contributed by atoms with Crippen molar-refractivity contribution in [1.82, 2.24) is 0 Å². The van der Waals surface area contributed by atoms with E-state index in [2.05, 4.69) is 46.1 Å². The van der Waals surface area contributed by atoms with Gasteiger partial charge in [0.15, 0.2) is 0 Å². The van der Waals surface area contributed by atoms with Crippen molar-refractivity contribution < 1.29 is 4.74 Å². The molecule has 41 heavy (non-hydrogen) atoms. The zero-order valence-electron chi connectivity index (χ0n) is 21.6. The van der Waals surface area contributed by atoms with Crippen molar-refractivity contribution in [3.8, 4) is 41.1 Å². The van der Waals surface area contributed by atoms with Gasteiger partial charge in [0.25, 0.3) is 5.70 Å². The predicted molar refractivity (Wildman–Crippen MR) is 180 cm³/mol. The largest absolute Gasteiger partial charge is 0.490 e. The van der Waals surface area contributed by atoms with E-state index in [4.69, 9.17) is 28.9 Å². The minimum Gasteiger partial charge on any atom is -0.490 e. The van der Waals surface area contributed by atoms with Crippen molar-refractivity contribution in [2.24, 2.45) is 5.73 Å². The van der Waals surface area contributed by atoms with E-state index in [1.807, 2.05) is 26.0 Å². The van der Waals surface area contributed by atoms with Crippen molar-refractivity contribution in [2.75, 3.05) is 0 Å². The Kier molecular flexibility index (Phi) is 7.54. The number of nitrogens with two attached hydrogens (primary N) is 1. The maximum absolute atomic E-state index is 9.03. The molecular weight excluding hydrogens is 625 g/mol. The first-order valence-electron chi connectivity index (χ1n) is 12.2. The first kappa shape index (κ1) is 27.4. The number of fused-ring (bicyclic) bond motifs is 2. The van der Waals surface area contributed by atoms with Crippen LogP contribution < -0.4 is 10.5 Å². The molecule has 200 valence electrons. The van der Waals surface area contributed by atoms with Crippen LogP contribution >= 0.6 is 68.0 Å². The zero-order chi connectivity index (χ0) is 28.7. The Balaban J connectivity index is 1.26. The molecule has 0 saturated heterocycles. The number of hydrogen-bond donors (Lipinski definition) is 1. The Labute approximate surface area is 260 Å². The molecule has 0 aliphatic rings. The van der Waals surface area contributed by atoms with Crippen molar-refractivity contribution in [3.05, 3.63) is 86.6 Å². The van der Waals surface area contributed by atoms with Crippen LogP contribution in [0.3, 0.4) is 0 Å². The molecule has 0 aliphatic heterocycles. The van der Waals surface area contributed by atoms with Gasteiger partial charge >= 0.3 is 0 Å². The highest BCUT2D eigenvalue weighted by molar-refractivity contribution is 7.36. The van der Waals surface area contributed by atoms with Gasteiger partial charge in [0, 0.05) is 59.0 Å². The van der Waals surface area contributed by atoms with Crippen molar-refractivity contribution in [2.45, 2.75) is 20.0 Å². The molecule has 0 atom stereocenters. The smallest absolute Gasteiger partial charge is 0.263 e. The molecule has 2 N–H and O–H groups in total. The van der Waals surface area contributed by atoms with Crippen LogP contribution in [-0.2, 0) is 0 Å². The lowest BCUT2D eigenvalue weighted by Gasteiger charge is -2.08. The summed E-state index contributed by atoms with van der Waals surface area (Å²) in [6, 6.07) is 17.0. The normalized spacial score (nSPS) is 12.2. The quantitative estimate of drug-likeness (QED) is 0.139. The molecule has 0 aliphatic carbocycles. The first-order valence-corrected chi connectivity index (χ1v) is 17.1. The number of thiophene rings is 6. The molecule has 0 radical (unpaired) electrons. The summed E-state index contributed by atoms with van der Waals surface area (Å²) in [6.07, 6.45) is 3.36. The Morgan fingerprint density at radius 2 is 1.32 bits per heavy atom. The molecular formula is C30H18N4OS6. The standard InChI is InChI=1S/C30H18N4OS6/c1-15(2)35-18-8-21(37-20(18)13-30(32)34-4)23-10-26-27(39-23)12-29(41-26)28-11-25-24(40-28)9-22(38-25)19-6-5-17(36-19)7-16(14-31)33-3/h5-13,15H,32H2,1-2H3/b16-7-,30-13+. The molecule has 11 heteroatoms. The van der Waals surface area contributed by atoms with E-state index < -0.39 is 0 Å². The van der Waals surface area contributed by atoms with Crippen molar-refractivity contribution in [1.29, 1.82) is 5.26 Å². The van der Waals surface area contributed by atoms with Gasteiger partial charge in [-0.05, 0) is 62.4 Å². The van der Waals surface area contributed by atoms with E-state index >= 15 is 0 Å². The maximum Gasteiger partial charge on any atom is 0.263 e. The van der Waals surface area contributed by atoms with Crippen LogP contribution in [0.4, 0.5) is 0 Å². The molecule has 0 saturated carbocycles. The van der Waals surface area contributed by atoms with Crippen LogP contribution in [0.1, 0.15) is 23.6 Å². The average molecular weight is 643 g/mol. The highest BCUT2D eigenvalue weighted by atomic mass is 32.1. The molecule has 0 bridgehead atoms. The summed E-state index contributed by atoms with van der Waals surface area (Å²) < 4.78 is 11.0. The van der Waals surface area contributed by atoms with E-state index in [0.29, 0.717) is 0 Å². The molecule has 0 unspecified atom stereocenters. The fraction of sp³-hybridized carbons (Fsp3) is 0.100. The average Bonchev–Trinajstić information content (AvgIpc) is 3.76. The first-order chi connectivity index (χ1) is 19.8. The molecule has 5 nitrogen and oxygen atoms in total. The van der Waals surface area contributed by atoms with Crippen LogP contribution in [0.25, 0.3) is 69.9 Å². The molecule has 6 aromatic rings. The van der Waals surface area contributed by atoms with E-state index in [9.17, 15) is 0 Å². The third-order valence-corrected chi connectivity index (χ3v) is 13.0. The molecule has 6 rings (SSSR count). The van der Waals surface area contributed by atoms with Gasteiger partial charge in [0.1, 0.15) is 5.75 Å². The summed E-state index contributed by atoms with van der Waals surface area (Å²) >= 11 is 10.3. The van der Waals surface area contributed by atoms with Crippen LogP contribution in [-0.4, -0.2) is 6.10 Å².